The summed E-state index contributed by atoms with van der Waals surface area (Å²) >= 11 is 8.53. The lowest BCUT2D eigenvalue weighted by molar-refractivity contribution is 0.102. The fraction of sp³-hybridized carbons (Fsp3) is 0.0588. The summed E-state index contributed by atoms with van der Waals surface area (Å²) in [5, 5.41) is 7.27. The molecule has 0 atom stereocenters. The number of nitrogens with zero attached hydrogens (tertiary/aromatic N) is 2. The van der Waals surface area contributed by atoms with Crippen molar-refractivity contribution in [2.45, 2.75) is 6.92 Å². The second-order valence-electron chi connectivity index (χ2n) is 5.10. The van der Waals surface area contributed by atoms with E-state index in [2.05, 4.69) is 33.0 Å². The van der Waals surface area contributed by atoms with Gasteiger partial charge >= 0.3 is 0 Å². The van der Waals surface area contributed by atoms with Crippen LogP contribution >= 0.6 is 34.2 Å². The minimum Gasteiger partial charge on any atom is -0.322 e. The van der Waals surface area contributed by atoms with Crippen molar-refractivity contribution in [1.29, 1.82) is 0 Å². The molecule has 1 heterocycles. The Morgan fingerprint density at radius 2 is 1.79 bits per heavy atom. The van der Waals surface area contributed by atoms with Gasteiger partial charge in [0.2, 0.25) is 0 Å². The highest BCUT2D eigenvalue weighted by Gasteiger charge is 2.21. The van der Waals surface area contributed by atoms with Gasteiger partial charge in [0.25, 0.3) is 5.91 Å². The first kappa shape index (κ1) is 16.9. The first-order valence-electron chi connectivity index (χ1n) is 7.03. The van der Waals surface area contributed by atoms with Crippen molar-refractivity contribution in [2.24, 2.45) is 0 Å². The van der Waals surface area contributed by atoms with Gasteiger partial charge in [-0.25, -0.2) is 9.07 Å². The van der Waals surface area contributed by atoms with Crippen LogP contribution in [0.25, 0.3) is 5.69 Å². The summed E-state index contributed by atoms with van der Waals surface area (Å²) < 4.78 is 15.5. The van der Waals surface area contributed by atoms with E-state index in [1.807, 2.05) is 24.3 Å². The van der Waals surface area contributed by atoms with E-state index in [0.29, 0.717) is 22.6 Å². The van der Waals surface area contributed by atoms with Crippen molar-refractivity contribution in [1.82, 2.24) is 9.78 Å². The minimum absolute atomic E-state index is 0.183. The van der Waals surface area contributed by atoms with Crippen molar-refractivity contribution in [2.75, 3.05) is 5.32 Å². The smallest absolute Gasteiger partial charge is 0.260 e. The van der Waals surface area contributed by atoms with Gasteiger partial charge in [-0.3, -0.25) is 4.79 Å². The van der Waals surface area contributed by atoms with Crippen LogP contribution in [0.15, 0.2) is 48.5 Å². The second kappa shape index (κ2) is 6.90. The number of aryl methyl sites for hydroxylation is 1. The Morgan fingerprint density at radius 3 is 2.42 bits per heavy atom. The van der Waals surface area contributed by atoms with Crippen molar-refractivity contribution in [3.05, 3.63) is 74.3 Å². The molecule has 0 bridgehead atoms. The lowest BCUT2D eigenvalue weighted by Gasteiger charge is -2.06. The average Bonchev–Trinajstić information content (AvgIpc) is 2.85. The van der Waals surface area contributed by atoms with Gasteiger partial charge in [0.05, 0.1) is 11.4 Å². The zero-order valence-electron chi connectivity index (χ0n) is 12.6. The SMILES string of the molecule is Cc1nn(-c2ccc(F)cc2)c(Cl)c1C(=O)Nc1ccc(I)cc1. The Hall–Kier alpha value is -1.93. The van der Waals surface area contributed by atoms with Crippen LogP contribution in [-0.4, -0.2) is 15.7 Å². The van der Waals surface area contributed by atoms with Crippen LogP contribution in [0.1, 0.15) is 16.1 Å². The van der Waals surface area contributed by atoms with Gasteiger partial charge in [-0.05, 0) is 78.0 Å². The molecule has 0 unspecified atom stereocenters. The number of benzene rings is 2. The molecule has 1 aromatic heterocycles. The molecule has 0 spiro atoms. The van der Waals surface area contributed by atoms with Crippen molar-refractivity contribution in [3.8, 4) is 5.69 Å². The first-order chi connectivity index (χ1) is 11.5. The molecule has 0 radical (unpaired) electrons. The van der Waals surface area contributed by atoms with Gasteiger partial charge in [-0.2, -0.15) is 5.10 Å². The number of carbonyl (C=O) groups is 1. The predicted molar refractivity (Wildman–Crippen MR) is 100 cm³/mol. The highest BCUT2D eigenvalue weighted by atomic mass is 127. The monoisotopic (exact) mass is 455 g/mol. The van der Waals surface area contributed by atoms with Crippen LogP contribution in [0.5, 0.6) is 0 Å². The number of amides is 1. The normalized spacial score (nSPS) is 10.7. The molecule has 0 fully saturated rings. The molecule has 0 aliphatic rings. The number of anilines is 1. The number of halogens is 3. The topological polar surface area (TPSA) is 46.9 Å². The Bertz CT molecular complexity index is 891. The molecule has 3 aromatic rings. The van der Waals surface area contributed by atoms with Crippen molar-refractivity contribution in [3.63, 3.8) is 0 Å². The maximum absolute atomic E-state index is 13.1. The summed E-state index contributed by atoms with van der Waals surface area (Å²) in [6, 6.07) is 13.1. The van der Waals surface area contributed by atoms with Gasteiger partial charge in [-0.1, -0.05) is 11.6 Å². The van der Waals surface area contributed by atoms with E-state index in [1.54, 1.807) is 19.1 Å². The Morgan fingerprint density at radius 1 is 1.17 bits per heavy atom. The van der Waals surface area contributed by atoms with Gasteiger partial charge in [0, 0.05) is 9.26 Å². The molecular weight excluding hydrogens is 444 g/mol. The van der Waals surface area contributed by atoms with E-state index in [4.69, 9.17) is 11.6 Å². The van der Waals surface area contributed by atoms with Crippen LogP contribution in [0.2, 0.25) is 5.15 Å². The predicted octanol–water partition coefficient (Wildman–Crippen LogP) is 4.83. The van der Waals surface area contributed by atoms with Crippen LogP contribution in [0.3, 0.4) is 0 Å². The Kier molecular flexibility index (Phi) is 4.86. The molecule has 1 amide bonds. The molecule has 4 nitrogen and oxygen atoms in total. The maximum Gasteiger partial charge on any atom is 0.260 e. The number of rotatable bonds is 3. The van der Waals surface area contributed by atoms with Gasteiger partial charge in [0.1, 0.15) is 16.5 Å². The molecule has 0 saturated carbocycles. The Labute approximate surface area is 156 Å². The van der Waals surface area contributed by atoms with Crippen molar-refractivity contribution >= 4 is 45.8 Å². The molecule has 24 heavy (non-hydrogen) atoms. The summed E-state index contributed by atoms with van der Waals surface area (Å²) in [6.45, 7) is 1.70. The van der Waals surface area contributed by atoms with Gasteiger partial charge in [0.15, 0.2) is 0 Å². The van der Waals surface area contributed by atoms with E-state index in [-0.39, 0.29) is 16.9 Å². The molecular formula is C17H12ClFIN3O. The van der Waals surface area contributed by atoms with Crippen LogP contribution in [-0.2, 0) is 0 Å². The molecule has 0 aliphatic heterocycles. The summed E-state index contributed by atoms with van der Waals surface area (Å²) in [5.74, 6) is -0.692. The van der Waals surface area contributed by atoms with E-state index in [1.165, 1.54) is 16.8 Å². The van der Waals surface area contributed by atoms with E-state index in [9.17, 15) is 9.18 Å². The standard InChI is InChI=1S/C17H12ClFIN3O/c1-10-15(17(24)21-13-6-4-12(20)5-7-13)16(18)23(22-10)14-8-2-11(19)3-9-14/h2-9H,1H3,(H,21,24). The van der Waals surface area contributed by atoms with Gasteiger partial charge < -0.3 is 5.32 Å². The summed E-state index contributed by atoms with van der Waals surface area (Å²) in [5.41, 5.74) is 2.04. The van der Waals surface area contributed by atoms with Crippen LogP contribution < -0.4 is 5.32 Å². The average molecular weight is 456 g/mol. The third-order valence-electron chi connectivity index (χ3n) is 3.40. The van der Waals surface area contributed by atoms with E-state index < -0.39 is 0 Å². The highest BCUT2D eigenvalue weighted by molar-refractivity contribution is 14.1. The lowest BCUT2D eigenvalue weighted by Crippen LogP contribution is -2.13. The number of hydrogen-bond donors (Lipinski definition) is 1. The van der Waals surface area contributed by atoms with Gasteiger partial charge in [-0.15, -0.1) is 0 Å². The summed E-state index contributed by atoms with van der Waals surface area (Å²) in [7, 11) is 0. The number of aromatic nitrogens is 2. The molecule has 122 valence electrons. The first-order valence-corrected chi connectivity index (χ1v) is 8.49. The third kappa shape index (κ3) is 3.44. The van der Waals surface area contributed by atoms with Crippen LogP contribution in [0.4, 0.5) is 10.1 Å². The second-order valence-corrected chi connectivity index (χ2v) is 6.70. The summed E-state index contributed by atoms with van der Waals surface area (Å²) in [4.78, 5) is 12.5. The van der Waals surface area contributed by atoms with E-state index in [0.717, 1.165) is 3.57 Å². The van der Waals surface area contributed by atoms with Crippen LogP contribution in [0, 0.1) is 16.3 Å². The fourth-order valence-electron chi connectivity index (χ4n) is 2.24. The lowest BCUT2D eigenvalue weighted by atomic mass is 10.2. The molecule has 3 rings (SSSR count). The van der Waals surface area contributed by atoms with E-state index >= 15 is 0 Å². The summed E-state index contributed by atoms with van der Waals surface area (Å²) in [6.07, 6.45) is 0. The number of carbonyl (C=O) groups excluding carboxylic acids is 1. The zero-order valence-corrected chi connectivity index (χ0v) is 15.5. The maximum atomic E-state index is 13.1. The molecule has 1 N–H and O–H groups in total. The Balaban J connectivity index is 1.92. The molecule has 0 saturated heterocycles. The highest BCUT2D eigenvalue weighted by Crippen LogP contribution is 2.25. The fourth-order valence-corrected chi connectivity index (χ4v) is 2.95. The minimum atomic E-state index is -0.351. The molecule has 7 heteroatoms. The zero-order chi connectivity index (χ0) is 17.3. The quantitative estimate of drug-likeness (QED) is 0.575. The van der Waals surface area contributed by atoms with Crippen molar-refractivity contribution < 1.29 is 9.18 Å². The number of nitrogens with one attached hydrogen (secondary N) is 1. The third-order valence-corrected chi connectivity index (χ3v) is 4.47. The molecule has 0 aliphatic carbocycles. The number of hydrogen-bond acceptors (Lipinski definition) is 2. The molecule has 2 aromatic carbocycles. The largest absolute Gasteiger partial charge is 0.322 e.